The fourth-order valence-electron chi connectivity index (χ4n) is 3.03. The molecule has 2 atom stereocenters. The van der Waals surface area contributed by atoms with Crippen LogP contribution in [0.15, 0.2) is 24.3 Å². The number of aromatic nitrogens is 2. The smallest absolute Gasteiger partial charge is 0.123 e. The summed E-state index contributed by atoms with van der Waals surface area (Å²) in [5.41, 5.74) is 8.92. The molecule has 0 fully saturated rings. The van der Waals surface area contributed by atoms with Crippen LogP contribution >= 0.6 is 0 Å². The number of fused-ring (bicyclic) bond motifs is 1. The van der Waals surface area contributed by atoms with Gasteiger partial charge in [0, 0.05) is 24.1 Å². The minimum Gasteiger partial charge on any atom is -0.326 e. The molecule has 0 aliphatic carbocycles. The molecule has 2 unspecified atom stereocenters. The number of nitrogens with zero attached hydrogens (tertiary/aromatic N) is 2. The molecule has 3 nitrogen and oxygen atoms in total. The van der Waals surface area contributed by atoms with Crippen molar-refractivity contribution in [2.24, 2.45) is 5.73 Å². The number of hydrogen-bond acceptors (Lipinski definition) is 2. The zero-order valence-corrected chi connectivity index (χ0v) is 11.2. The van der Waals surface area contributed by atoms with Crippen molar-refractivity contribution in [2.75, 3.05) is 0 Å². The van der Waals surface area contributed by atoms with Gasteiger partial charge in [-0.3, -0.25) is 0 Å². The predicted molar refractivity (Wildman–Crippen MR) is 73.4 cm³/mol. The second-order valence-electron chi connectivity index (χ2n) is 5.42. The molecule has 1 aliphatic heterocycles. The molecule has 0 saturated heterocycles. The zero-order chi connectivity index (χ0) is 13.6. The van der Waals surface area contributed by atoms with Gasteiger partial charge in [-0.25, -0.2) is 9.37 Å². The Labute approximate surface area is 112 Å². The summed E-state index contributed by atoms with van der Waals surface area (Å²) in [4.78, 5) is 4.66. The number of nitrogens with two attached hydrogens (primary N) is 1. The first-order valence-corrected chi connectivity index (χ1v) is 6.65. The number of imidazole rings is 1. The Kier molecular flexibility index (Phi) is 2.90. The number of rotatable bonds is 1. The number of hydrogen-bond donors (Lipinski definition) is 1. The molecular formula is C15H18FN3. The lowest BCUT2D eigenvalue weighted by Gasteiger charge is -2.27. The molecule has 19 heavy (non-hydrogen) atoms. The second-order valence-corrected chi connectivity index (χ2v) is 5.42. The summed E-state index contributed by atoms with van der Waals surface area (Å²) in [5.74, 6) is 1.20. The molecule has 2 aromatic rings. The van der Waals surface area contributed by atoms with Crippen LogP contribution in [0.4, 0.5) is 4.39 Å². The fourth-order valence-corrected chi connectivity index (χ4v) is 3.03. The van der Waals surface area contributed by atoms with Gasteiger partial charge in [0.25, 0.3) is 0 Å². The van der Waals surface area contributed by atoms with Gasteiger partial charge in [-0.1, -0.05) is 19.1 Å². The van der Waals surface area contributed by atoms with E-state index in [-0.39, 0.29) is 11.9 Å². The first-order chi connectivity index (χ1) is 9.06. The van der Waals surface area contributed by atoms with Gasteiger partial charge in [-0.15, -0.1) is 0 Å². The molecule has 0 radical (unpaired) electrons. The van der Waals surface area contributed by atoms with Gasteiger partial charge >= 0.3 is 0 Å². The van der Waals surface area contributed by atoms with E-state index in [1.807, 2.05) is 13.0 Å². The summed E-state index contributed by atoms with van der Waals surface area (Å²) in [6.45, 7) is 4.88. The van der Waals surface area contributed by atoms with Gasteiger partial charge in [0.05, 0.1) is 11.4 Å². The Balaban J connectivity index is 2.17. The van der Waals surface area contributed by atoms with E-state index in [0.717, 1.165) is 35.7 Å². The summed E-state index contributed by atoms with van der Waals surface area (Å²) in [6.07, 6.45) is 0.957. The lowest BCUT2D eigenvalue weighted by molar-refractivity contribution is 0.409. The summed E-state index contributed by atoms with van der Waals surface area (Å²) in [5, 5.41) is 0. The highest BCUT2D eigenvalue weighted by molar-refractivity contribution is 5.63. The predicted octanol–water partition coefficient (Wildman–Crippen LogP) is 2.83. The number of aryl methyl sites for hydroxylation is 1. The van der Waals surface area contributed by atoms with Crippen molar-refractivity contribution in [2.45, 2.75) is 38.8 Å². The summed E-state index contributed by atoms with van der Waals surface area (Å²) in [7, 11) is 0. The van der Waals surface area contributed by atoms with Crippen molar-refractivity contribution in [1.29, 1.82) is 0 Å². The van der Waals surface area contributed by atoms with E-state index in [1.54, 1.807) is 12.1 Å². The number of benzene rings is 1. The molecule has 100 valence electrons. The molecule has 0 bridgehead atoms. The SMILES string of the molecule is Cc1nc2n(c1-c1cccc(F)c1)CC(N)CC2C. The normalized spacial score (nSPS) is 22.3. The van der Waals surface area contributed by atoms with Crippen LogP contribution in [-0.2, 0) is 6.54 Å². The highest BCUT2D eigenvalue weighted by Gasteiger charge is 2.27. The van der Waals surface area contributed by atoms with Crippen molar-refractivity contribution in [3.63, 3.8) is 0 Å². The van der Waals surface area contributed by atoms with E-state index in [0.29, 0.717) is 5.92 Å². The molecular weight excluding hydrogens is 241 g/mol. The maximum absolute atomic E-state index is 13.4. The van der Waals surface area contributed by atoms with Crippen LogP contribution in [0.25, 0.3) is 11.3 Å². The average Bonchev–Trinajstić information content (AvgIpc) is 2.66. The van der Waals surface area contributed by atoms with Crippen molar-refractivity contribution < 1.29 is 4.39 Å². The lowest BCUT2D eigenvalue weighted by Crippen LogP contribution is -2.33. The highest BCUT2D eigenvalue weighted by atomic mass is 19.1. The highest BCUT2D eigenvalue weighted by Crippen LogP contribution is 2.33. The molecule has 4 heteroatoms. The quantitative estimate of drug-likeness (QED) is 0.855. The third-order valence-corrected chi connectivity index (χ3v) is 3.78. The van der Waals surface area contributed by atoms with Crippen molar-refractivity contribution >= 4 is 0 Å². The van der Waals surface area contributed by atoms with Crippen LogP contribution in [0.2, 0.25) is 0 Å². The molecule has 1 aromatic heterocycles. The van der Waals surface area contributed by atoms with Crippen molar-refractivity contribution in [3.8, 4) is 11.3 Å². The van der Waals surface area contributed by atoms with E-state index >= 15 is 0 Å². The summed E-state index contributed by atoms with van der Waals surface area (Å²) in [6, 6.07) is 6.81. The minimum absolute atomic E-state index is 0.142. The maximum atomic E-state index is 13.4. The number of halogens is 1. The van der Waals surface area contributed by atoms with Crippen LogP contribution < -0.4 is 5.73 Å². The van der Waals surface area contributed by atoms with E-state index in [4.69, 9.17) is 5.73 Å². The molecule has 0 saturated carbocycles. The van der Waals surface area contributed by atoms with E-state index in [9.17, 15) is 4.39 Å². The Morgan fingerprint density at radius 3 is 2.95 bits per heavy atom. The maximum Gasteiger partial charge on any atom is 0.123 e. The second kappa shape index (κ2) is 4.46. The third-order valence-electron chi connectivity index (χ3n) is 3.78. The van der Waals surface area contributed by atoms with Crippen molar-refractivity contribution in [3.05, 3.63) is 41.6 Å². The first kappa shape index (κ1) is 12.4. The zero-order valence-electron chi connectivity index (χ0n) is 11.2. The van der Waals surface area contributed by atoms with Crippen LogP contribution in [0, 0.1) is 12.7 Å². The van der Waals surface area contributed by atoms with Gasteiger partial charge in [0.2, 0.25) is 0 Å². The molecule has 2 heterocycles. The monoisotopic (exact) mass is 259 g/mol. The first-order valence-electron chi connectivity index (χ1n) is 6.65. The van der Waals surface area contributed by atoms with Gasteiger partial charge in [-0.05, 0) is 25.5 Å². The lowest BCUT2D eigenvalue weighted by atomic mass is 9.97. The van der Waals surface area contributed by atoms with E-state index in [2.05, 4.69) is 16.5 Å². The van der Waals surface area contributed by atoms with E-state index in [1.165, 1.54) is 6.07 Å². The Bertz CT molecular complexity index is 618. The fraction of sp³-hybridized carbons (Fsp3) is 0.400. The van der Waals surface area contributed by atoms with Gasteiger partial charge in [0.1, 0.15) is 11.6 Å². The van der Waals surface area contributed by atoms with Crippen LogP contribution in [-0.4, -0.2) is 15.6 Å². The molecule has 2 N–H and O–H groups in total. The Hall–Kier alpha value is -1.68. The molecule has 1 aromatic carbocycles. The third kappa shape index (κ3) is 2.06. The van der Waals surface area contributed by atoms with Gasteiger partial charge in [-0.2, -0.15) is 0 Å². The summed E-state index contributed by atoms with van der Waals surface area (Å²) >= 11 is 0. The largest absolute Gasteiger partial charge is 0.326 e. The van der Waals surface area contributed by atoms with Crippen molar-refractivity contribution in [1.82, 2.24) is 9.55 Å². The minimum atomic E-state index is -0.222. The molecule has 3 rings (SSSR count). The molecule has 0 amide bonds. The topological polar surface area (TPSA) is 43.8 Å². The van der Waals surface area contributed by atoms with E-state index < -0.39 is 0 Å². The van der Waals surface area contributed by atoms with Crippen LogP contribution in [0.3, 0.4) is 0 Å². The standard InChI is InChI=1S/C15H18FN3/c1-9-6-13(17)8-19-14(10(2)18-15(9)19)11-4-3-5-12(16)7-11/h3-5,7,9,13H,6,8,17H2,1-2H3. The van der Waals surface area contributed by atoms with Gasteiger partial charge < -0.3 is 10.3 Å². The molecule has 0 spiro atoms. The average molecular weight is 259 g/mol. The molecule has 1 aliphatic rings. The van der Waals surface area contributed by atoms with Crippen LogP contribution in [0.1, 0.15) is 30.8 Å². The summed E-state index contributed by atoms with van der Waals surface area (Å²) < 4.78 is 15.6. The Morgan fingerprint density at radius 2 is 2.21 bits per heavy atom. The van der Waals surface area contributed by atoms with Gasteiger partial charge in [0.15, 0.2) is 0 Å². The Morgan fingerprint density at radius 1 is 1.42 bits per heavy atom. The van der Waals surface area contributed by atoms with Crippen LogP contribution in [0.5, 0.6) is 0 Å².